The third kappa shape index (κ3) is 2.89. The summed E-state index contributed by atoms with van der Waals surface area (Å²) >= 11 is 4.26. The van der Waals surface area contributed by atoms with Gasteiger partial charge >= 0.3 is 5.69 Å². The van der Waals surface area contributed by atoms with Crippen LogP contribution < -0.4 is 9.87 Å². The van der Waals surface area contributed by atoms with Crippen molar-refractivity contribution in [3.63, 3.8) is 0 Å². The van der Waals surface area contributed by atoms with Gasteiger partial charge in [0.1, 0.15) is 5.65 Å². The Morgan fingerprint density at radius 2 is 1.96 bits per heavy atom. The van der Waals surface area contributed by atoms with Gasteiger partial charge in [0.15, 0.2) is 5.65 Å². The summed E-state index contributed by atoms with van der Waals surface area (Å²) in [4.78, 5) is 17.3. The van der Waals surface area contributed by atoms with Crippen LogP contribution in [-0.4, -0.2) is 30.2 Å². The van der Waals surface area contributed by atoms with Gasteiger partial charge < -0.3 is 4.18 Å². The van der Waals surface area contributed by atoms with Crippen molar-refractivity contribution in [1.82, 2.24) is 23.6 Å². The predicted octanol–water partition coefficient (Wildman–Crippen LogP) is 3.18. The maximum absolute atomic E-state index is 12.8. The zero-order valence-corrected chi connectivity index (χ0v) is 16.3. The van der Waals surface area contributed by atoms with Gasteiger partial charge in [-0.25, -0.2) is 14.2 Å². The molecule has 4 heterocycles. The van der Waals surface area contributed by atoms with Gasteiger partial charge in [0.05, 0.1) is 6.61 Å². The van der Waals surface area contributed by atoms with Crippen molar-refractivity contribution in [2.45, 2.75) is 13.8 Å². The summed E-state index contributed by atoms with van der Waals surface area (Å²) in [5, 5.41) is 4.38. The fourth-order valence-electron chi connectivity index (χ4n) is 2.52. The number of rotatable bonds is 5. The molecule has 4 aromatic heterocycles. The molecule has 0 N–H and O–H groups in total. The lowest BCUT2D eigenvalue weighted by molar-refractivity contribution is 0.366. The Labute approximate surface area is 160 Å². The van der Waals surface area contributed by atoms with Gasteiger partial charge in [-0.2, -0.15) is 4.68 Å². The van der Waals surface area contributed by atoms with Crippen LogP contribution in [0.5, 0.6) is 5.88 Å². The minimum atomic E-state index is -0.322. The van der Waals surface area contributed by atoms with E-state index in [0.29, 0.717) is 29.6 Å². The van der Waals surface area contributed by atoms with E-state index in [2.05, 4.69) is 26.0 Å². The fourth-order valence-corrected chi connectivity index (χ4v) is 3.22. The summed E-state index contributed by atoms with van der Waals surface area (Å²) in [6.07, 6.45) is 3.54. The van der Waals surface area contributed by atoms with Crippen molar-refractivity contribution >= 4 is 39.5 Å². The molecule has 8 nitrogen and oxygen atoms in total. The van der Waals surface area contributed by atoms with Crippen LogP contribution in [0, 0.1) is 6.92 Å². The number of hydrogen-bond acceptors (Lipinski definition) is 6. The molecule has 0 saturated heterocycles. The minimum absolute atomic E-state index is 0.293. The highest BCUT2D eigenvalue weighted by atomic mass is 79.9. The van der Waals surface area contributed by atoms with Crippen LogP contribution in [0.3, 0.4) is 0 Å². The number of aryl methyl sites for hydroxylation is 1. The highest BCUT2D eigenvalue weighted by Crippen LogP contribution is 2.28. The average molecular weight is 436 g/mol. The molecule has 0 aliphatic rings. The van der Waals surface area contributed by atoms with Crippen LogP contribution in [0.25, 0.3) is 17.1 Å². The molecule has 0 radical (unpaired) electrons. The Kier molecular flexibility index (Phi) is 4.47. The number of pyridine rings is 2. The first-order valence-corrected chi connectivity index (χ1v) is 9.26. The summed E-state index contributed by atoms with van der Waals surface area (Å²) in [7, 11) is 0. The predicted molar refractivity (Wildman–Crippen MR) is 102 cm³/mol. The molecular formula is C16H14BrN5O3S. The fraction of sp³-hybridized carbons (Fsp3) is 0.188. The molecule has 0 spiro atoms. The van der Waals surface area contributed by atoms with Gasteiger partial charge in [-0.05, 0) is 53.5 Å². The van der Waals surface area contributed by atoms with Crippen LogP contribution in [0.2, 0.25) is 0 Å². The van der Waals surface area contributed by atoms with Crippen molar-refractivity contribution in [2.24, 2.45) is 0 Å². The second kappa shape index (κ2) is 6.78. The second-order valence-electron chi connectivity index (χ2n) is 5.50. The Hall–Kier alpha value is -2.30. The second-order valence-corrected chi connectivity index (χ2v) is 6.96. The maximum atomic E-state index is 12.8. The van der Waals surface area contributed by atoms with Crippen LogP contribution in [0.15, 0.2) is 45.9 Å². The number of nitrogens with zero attached hydrogens (tertiary/aromatic N) is 5. The largest absolute Gasteiger partial charge is 0.377 e. The molecule has 0 aliphatic carbocycles. The van der Waals surface area contributed by atoms with Gasteiger partial charge in [0.2, 0.25) is 18.1 Å². The summed E-state index contributed by atoms with van der Waals surface area (Å²) in [5.41, 5.74) is 1.79. The molecule has 4 rings (SSSR count). The first-order chi connectivity index (χ1) is 12.6. The molecule has 0 amide bonds. The number of aromatic nitrogens is 5. The molecular weight excluding hydrogens is 422 g/mol. The summed E-state index contributed by atoms with van der Waals surface area (Å²) in [6.45, 7) is 4.25. The normalized spacial score (nSPS) is 11.5. The van der Waals surface area contributed by atoms with Crippen molar-refractivity contribution in [2.75, 3.05) is 6.61 Å². The highest BCUT2D eigenvalue weighted by Gasteiger charge is 2.21. The van der Waals surface area contributed by atoms with Gasteiger partial charge in [0.25, 0.3) is 5.88 Å². The van der Waals surface area contributed by atoms with E-state index < -0.39 is 0 Å². The van der Waals surface area contributed by atoms with Crippen molar-refractivity contribution < 1.29 is 8.37 Å². The molecule has 0 atom stereocenters. The lowest BCUT2D eigenvalue weighted by Crippen LogP contribution is -2.20. The van der Waals surface area contributed by atoms with Gasteiger partial charge in [-0.3, -0.25) is 8.58 Å². The van der Waals surface area contributed by atoms with Crippen molar-refractivity contribution in [3.05, 3.63) is 57.2 Å². The molecule has 134 valence electrons. The maximum Gasteiger partial charge on any atom is 0.356 e. The molecule has 26 heavy (non-hydrogen) atoms. The first kappa shape index (κ1) is 17.1. The van der Waals surface area contributed by atoms with Crippen LogP contribution in [0.1, 0.15) is 12.5 Å². The third-order valence-corrected chi connectivity index (χ3v) is 4.69. The number of fused-ring (bicyclic) bond motifs is 2. The molecule has 4 aromatic rings. The molecule has 0 saturated carbocycles. The van der Waals surface area contributed by atoms with E-state index in [1.165, 1.54) is 9.08 Å². The molecule has 0 fully saturated rings. The highest BCUT2D eigenvalue weighted by molar-refractivity contribution is 9.10. The van der Waals surface area contributed by atoms with Crippen molar-refractivity contribution in [1.29, 1.82) is 0 Å². The Bertz CT molecular complexity index is 1170. The van der Waals surface area contributed by atoms with E-state index in [9.17, 15) is 4.79 Å². The van der Waals surface area contributed by atoms with Gasteiger partial charge in [-0.1, -0.05) is 6.07 Å². The van der Waals surface area contributed by atoms with E-state index in [0.717, 1.165) is 22.4 Å². The zero-order chi connectivity index (χ0) is 18.3. The topological polar surface area (TPSA) is 75.1 Å². The quantitative estimate of drug-likeness (QED) is 0.354. The zero-order valence-electron chi connectivity index (χ0n) is 13.9. The van der Waals surface area contributed by atoms with Crippen LogP contribution in [-0.2, 0) is 4.18 Å². The molecule has 10 heteroatoms. The SMILES string of the molecule is CCOSOc1c(-n2nc3ccc(C)cn3c2=O)nc2ccc(Br)cn12. The molecule has 0 bridgehead atoms. The Balaban J connectivity index is 1.94. The molecule has 0 aromatic carbocycles. The monoisotopic (exact) mass is 435 g/mol. The van der Waals surface area contributed by atoms with E-state index in [1.807, 2.05) is 32.0 Å². The number of halogens is 1. The minimum Gasteiger partial charge on any atom is -0.377 e. The van der Waals surface area contributed by atoms with E-state index in [4.69, 9.17) is 8.37 Å². The number of imidazole rings is 1. The summed E-state index contributed by atoms with van der Waals surface area (Å²) in [5.74, 6) is 0.642. The average Bonchev–Trinajstić information content (AvgIpc) is 3.13. The van der Waals surface area contributed by atoms with E-state index in [-0.39, 0.29) is 5.69 Å². The standard InChI is InChI=1S/C16H14BrN5O3S/c1-3-24-26-25-15-14(18-12-7-5-11(17)9-20(12)15)22-16(23)21-8-10(2)4-6-13(21)19-22/h4-9H,3H2,1-2H3. The van der Waals surface area contributed by atoms with Crippen LogP contribution in [0.4, 0.5) is 0 Å². The summed E-state index contributed by atoms with van der Waals surface area (Å²) in [6, 6.07) is 7.36. The van der Waals surface area contributed by atoms with E-state index >= 15 is 0 Å². The van der Waals surface area contributed by atoms with Gasteiger partial charge in [0, 0.05) is 16.9 Å². The van der Waals surface area contributed by atoms with Crippen LogP contribution >= 0.6 is 28.3 Å². The van der Waals surface area contributed by atoms with E-state index in [1.54, 1.807) is 22.9 Å². The first-order valence-electron chi connectivity index (χ1n) is 7.80. The third-order valence-electron chi connectivity index (χ3n) is 3.67. The smallest absolute Gasteiger partial charge is 0.356 e. The van der Waals surface area contributed by atoms with Crippen molar-refractivity contribution in [3.8, 4) is 11.7 Å². The number of hydrogen-bond donors (Lipinski definition) is 0. The van der Waals surface area contributed by atoms with Gasteiger partial charge in [-0.15, -0.1) is 5.10 Å². The lowest BCUT2D eigenvalue weighted by Gasteiger charge is -2.04. The lowest BCUT2D eigenvalue weighted by atomic mass is 10.3. The molecule has 0 aliphatic heterocycles. The molecule has 0 unspecified atom stereocenters. The summed E-state index contributed by atoms with van der Waals surface area (Å²) < 4.78 is 16.2. The Morgan fingerprint density at radius 1 is 1.15 bits per heavy atom. The Morgan fingerprint density at radius 3 is 2.77 bits per heavy atom.